The third-order valence-corrected chi connectivity index (χ3v) is 7.54. The average molecular weight is 560 g/mol. The topological polar surface area (TPSA) is 122 Å². The molecule has 0 unspecified atom stereocenters. The highest BCUT2D eigenvalue weighted by molar-refractivity contribution is 6.30. The molecule has 3 aromatic carbocycles. The number of rotatable bonds is 6. The number of benzene rings is 3. The predicted octanol–water partition coefficient (Wildman–Crippen LogP) is 4.03. The summed E-state index contributed by atoms with van der Waals surface area (Å²) >= 11 is 5.80. The van der Waals surface area contributed by atoms with Gasteiger partial charge < -0.3 is 4.74 Å². The lowest BCUT2D eigenvalue weighted by Gasteiger charge is -2.28. The van der Waals surface area contributed by atoms with E-state index < -0.39 is 30.3 Å². The summed E-state index contributed by atoms with van der Waals surface area (Å²) in [5.74, 6) is -3.25. The number of hydrogen-bond donors (Lipinski definition) is 2. The van der Waals surface area contributed by atoms with Gasteiger partial charge in [0, 0.05) is 10.6 Å². The molecule has 4 amide bonds. The molecule has 0 radical (unpaired) electrons. The summed E-state index contributed by atoms with van der Waals surface area (Å²) < 4.78 is 5.06. The molecule has 1 saturated heterocycles. The molecule has 10 heteroatoms. The van der Waals surface area contributed by atoms with Crippen LogP contribution in [0.3, 0.4) is 0 Å². The Balaban J connectivity index is 1.18. The van der Waals surface area contributed by atoms with Crippen LogP contribution in [0.4, 0.5) is 5.69 Å². The number of hydrogen-bond acceptors (Lipinski definition) is 6. The quantitative estimate of drug-likeness (QED) is 0.267. The largest absolute Gasteiger partial charge is 0.452 e. The Labute approximate surface area is 235 Å². The van der Waals surface area contributed by atoms with E-state index in [0.29, 0.717) is 17.9 Å². The van der Waals surface area contributed by atoms with Crippen LogP contribution in [0.25, 0.3) is 0 Å². The van der Waals surface area contributed by atoms with E-state index in [-0.39, 0.29) is 40.5 Å². The lowest BCUT2D eigenvalue weighted by molar-refractivity contribution is -0.125. The first-order valence-electron chi connectivity index (χ1n) is 12.9. The number of nitrogens with one attached hydrogen (secondary N) is 2. The molecule has 1 heterocycles. The van der Waals surface area contributed by atoms with Crippen molar-refractivity contribution in [3.05, 3.63) is 101 Å². The molecular weight excluding hydrogens is 534 g/mol. The Kier molecular flexibility index (Phi) is 7.93. The van der Waals surface area contributed by atoms with Crippen LogP contribution in [0.5, 0.6) is 0 Å². The summed E-state index contributed by atoms with van der Waals surface area (Å²) in [6.45, 7) is -0.656. The highest BCUT2D eigenvalue weighted by Crippen LogP contribution is 2.45. The van der Waals surface area contributed by atoms with Crippen molar-refractivity contribution in [3.63, 3.8) is 0 Å². The normalized spacial score (nSPS) is 20.0. The van der Waals surface area contributed by atoms with Gasteiger partial charge in [0.15, 0.2) is 6.61 Å². The van der Waals surface area contributed by atoms with Crippen molar-refractivity contribution in [2.45, 2.75) is 25.2 Å². The summed E-state index contributed by atoms with van der Waals surface area (Å²) in [5.41, 5.74) is 6.19. The van der Waals surface area contributed by atoms with E-state index in [9.17, 15) is 24.0 Å². The molecule has 9 nitrogen and oxygen atoms in total. The number of halogens is 1. The molecule has 40 heavy (non-hydrogen) atoms. The van der Waals surface area contributed by atoms with Crippen molar-refractivity contribution in [1.29, 1.82) is 0 Å². The Hall–Kier alpha value is -4.50. The Morgan fingerprint density at radius 3 is 2.30 bits per heavy atom. The molecular formula is C30H26ClN3O6. The van der Waals surface area contributed by atoms with Crippen LogP contribution < -0.4 is 15.8 Å². The van der Waals surface area contributed by atoms with Gasteiger partial charge >= 0.3 is 5.97 Å². The van der Waals surface area contributed by atoms with Crippen molar-refractivity contribution >= 4 is 46.9 Å². The fourth-order valence-corrected chi connectivity index (χ4v) is 5.41. The average Bonchev–Trinajstić information content (AvgIpc) is 3.24. The van der Waals surface area contributed by atoms with Gasteiger partial charge in [-0.25, -0.2) is 4.79 Å². The van der Waals surface area contributed by atoms with Crippen molar-refractivity contribution in [2.75, 3.05) is 11.5 Å². The van der Waals surface area contributed by atoms with Crippen LogP contribution in [0.1, 0.15) is 51.5 Å². The number of carbonyl (C=O) groups is 5. The number of anilines is 1. The van der Waals surface area contributed by atoms with E-state index in [1.165, 1.54) is 41.3 Å². The second-order valence-electron chi connectivity index (χ2n) is 9.78. The Morgan fingerprint density at radius 1 is 0.825 bits per heavy atom. The minimum Gasteiger partial charge on any atom is -0.452 e. The summed E-state index contributed by atoms with van der Waals surface area (Å²) in [4.78, 5) is 64.6. The molecule has 2 N–H and O–H groups in total. The summed E-state index contributed by atoms with van der Waals surface area (Å²) in [6, 6.07) is 22.1. The fourth-order valence-electron chi connectivity index (χ4n) is 5.28. The van der Waals surface area contributed by atoms with E-state index in [0.717, 1.165) is 12.0 Å². The first-order chi connectivity index (χ1) is 19.3. The van der Waals surface area contributed by atoms with Gasteiger partial charge in [0.2, 0.25) is 11.8 Å². The zero-order valence-corrected chi connectivity index (χ0v) is 22.1. The van der Waals surface area contributed by atoms with Gasteiger partial charge in [0.05, 0.1) is 23.1 Å². The number of carbonyl (C=O) groups excluding carboxylic acids is 5. The van der Waals surface area contributed by atoms with E-state index >= 15 is 0 Å². The molecule has 1 aliphatic heterocycles. The number of esters is 1. The third-order valence-electron chi connectivity index (χ3n) is 7.29. The maximum Gasteiger partial charge on any atom is 0.338 e. The minimum absolute atomic E-state index is 0.0770. The second-order valence-corrected chi connectivity index (χ2v) is 10.2. The van der Waals surface area contributed by atoms with Gasteiger partial charge in [-0.2, -0.15) is 0 Å². The molecule has 2 aliphatic rings. The van der Waals surface area contributed by atoms with Crippen LogP contribution >= 0.6 is 11.6 Å². The molecule has 5 rings (SSSR count). The number of amides is 4. The van der Waals surface area contributed by atoms with Crippen LogP contribution in [-0.2, 0) is 19.1 Å². The van der Waals surface area contributed by atoms with E-state index in [4.69, 9.17) is 16.3 Å². The first-order valence-corrected chi connectivity index (χ1v) is 13.2. The molecule has 0 bridgehead atoms. The maximum atomic E-state index is 13.4. The van der Waals surface area contributed by atoms with Gasteiger partial charge in [0.25, 0.3) is 11.8 Å². The molecule has 3 atom stereocenters. The van der Waals surface area contributed by atoms with Crippen LogP contribution in [-0.4, -0.2) is 36.2 Å². The standard InChI is InChI=1S/C30H26ClN3O6/c31-22-12-9-19(10-13-22)27(36)33-32-26(35)17-40-30(39)21-7-4-8-23(15-21)34-28(37)24-14-11-20(16-25(24)29(34)38)18-5-2-1-3-6-18/h1-10,12-13,15,20,24-25H,11,14,16-17H2,(H,32,35)(H,33,36)/t20-,24+,25-/m0/s1. The monoisotopic (exact) mass is 559 g/mol. The fraction of sp³-hybridized carbons (Fsp3) is 0.233. The number of fused-ring (bicyclic) bond motifs is 1. The maximum absolute atomic E-state index is 13.4. The molecule has 0 spiro atoms. The molecule has 1 saturated carbocycles. The Bertz CT molecular complexity index is 1460. The van der Waals surface area contributed by atoms with Crippen molar-refractivity contribution in [1.82, 2.24) is 10.9 Å². The predicted molar refractivity (Wildman–Crippen MR) is 146 cm³/mol. The zero-order valence-electron chi connectivity index (χ0n) is 21.3. The second kappa shape index (κ2) is 11.7. The molecule has 204 valence electrons. The highest BCUT2D eigenvalue weighted by Gasteiger charge is 2.50. The van der Waals surface area contributed by atoms with Gasteiger partial charge in [0.1, 0.15) is 0 Å². The summed E-state index contributed by atoms with van der Waals surface area (Å²) in [5, 5.41) is 0.463. The zero-order chi connectivity index (χ0) is 28.2. The van der Waals surface area contributed by atoms with E-state index in [2.05, 4.69) is 10.9 Å². The third kappa shape index (κ3) is 5.74. The highest BCUT2D eigenvalue weighted by atomic mass is 35.5. The van der Waals surface area contributed by atoms with Gasteiger partial charge in [-0.3, -0.25) is 34.9 Å². The lowest BCUT2D eigenvalue weighted by atomic mass is 9.73. The molecule has 1 aliphatic carbocycles. The minimum atomic E-state index is -0.818. The van der Waals surface area contributed by atoms with Crippen LogP contribution in [0.15, 0.2) is 78.9 Å². The number of hydrazine groups is 1. The molecule has 2 fully saturated rings. The van der Waals surface area contributed by atoms with E-state index in [1.807, 2.05) is 30.3 Å². The van der Waals surface area contributed by atoms with Crippen molar-refractivity contribution < 1.29 is 28.7 Å². The van der Waals surface area contributed by atoms with Gasteiger partial charge in [-0.15, -0.1) is 0 Å². The van der Waals surface area contributed by atoms with Crippen molar-refractivity contribution in [3.8, 4) is 0 Å². The number of ether oxygens (including phenoxy) is 1. The van der Waals surface area contributed by atoms with Gasteiger partial charge in [-0.1, -0.05) is 48.0 Å². The van der Waals surface area contributed by atoms with Crippen LogP contribution in [0.2, 0.25) is 5.02 Å². The Morgan fingerprint density at radius 2 is 1.55 bits per heavy atom. The van der Waals surface area contributed by atoms with Gasteiger partial charge in [-0.05, 0) is 73.2 Å². The summed E-state index contributed by atoms with van der Waals surface area (Å²) in [6.07, 6.45) is 2.05. The van der Waals surface area contributed by atoms with Crippen LogP contribution in [0, 0.1) is 11.8 Å². The smallest absolute Gasteiger partial charge is 0.338 e. The molecule has 3 aromatic rings. The number of nitrogens with zero attached hydrogens (tertiary/aromatic N) is 1. The number of imide groups is 1. The lowest BCUT2D eigenvalue weighted by Crippen LogP contribution is -2.43. The first kappa shape index (κ1) is 27.1. The SMILES string of the molecule is O=C(COC(=O)c1cccc(N2C(=O)[C@H]3C[C@@H](c4ccccc4)CC[C@H]3C2=O)c1)NNC(=O)c1ccc(Cl)cc1. The van der Waals surface area contributed by atoms with E-state index in [1.54, 1.807) is 12.1 Å². The molecule has 0 aromatic heterocycles. The summed E-state index contributed by atoms with van der Waals surface area (Å²) in [7, 11) is 0. The van der Waals surface area contributed by atoms with Crippen molar-refractivity contribution in [2.24, 2.45) is 11.8 Å².